The lowest BCUT2D eigenvalue weighted by atomic mass is 10.1. The van der Waals surface area contributed by atoms with E-state index in [1.54, 1.807) is 41.0 Å². The van der Waals surface area contributed by atoms with Gasteiger partial charge in [0.15, 0.2) is 0 Å². The molecule has 2 aromatic carbocycles. The van der Waals surface area contributed by atoms with Crippen molar-refractivity contribution in [3.63, 3.8) is 0 Å². The van der Waals surface area contributed by atoms with E-state index >= 15 is 0 Å². The van der Waals surface area contributed by atoms with Gasteiger partial charge < -0.3 is 4.57 Å². The molecule has 0 saturated carbocycles. The SMILES string of the molecule is N#Cc1ccc(-c2ccc(Cl)c(Cl)c2)n(Cc2ccc(Cl)cc2)c1=O. The van der Waals surface area contributed by atoms with E-state index in [0.29, 0.717) is 27.3 Å². The molecule has 0 aliphatic carbocycles. The first-order valence-electron chi connectivity index (χ1n) is 7.33. The zero-order valence-electron chi connectivity index (χ0n) is 12.8. The van der Waals surface area contributed by atoms with Gasteiger partial charge in [-0.1, -0.05) is 53.0 Å². The molecule has 0 atom stereocenters. The van der Waals surface area contributed by atoms with Crippen LogP contribution in [0.2, 0.25) is 15.1 Å². The third-order valence-electron chi connectivity index (χ3n) is 3.76. The summed E-state index contributed by atoms with van der Waals surface area (Å²) >= 11 is 18.0. The third-order valence-corrected chi connectivity index (χ3v) is 4.75. The number of nitrogens with zero attached hydrogens (tertiary/aromatic N) is 2. The standard InChI is InChI=1S/C19H11Cl3N2O/c20-15-5-1-12(2-6-15)11-24-18(8-4-14(10-23)19(24)25)13-3-7-16(21)17(22)9-13/h1-9H,11H2. The Hall–Kier alpha value is -2.25. The quantitative estimate of drug-likeness (QED) is 0.602. The smallest absolute Gasteiger partial charge is 0.269 e. The third kappa shape index (κ3) is 3.72. The minimum absolute atomic E-state index is 0.0813. The Labute approximate surface area is 159 Å². The zero-order valence-corrected chi connectivity index (χ0v) is 15.1. The number of rotatable bonds is 3. The van der Waals surface area contributed by atoms with E-state index in [4.69, 9.17) is 40.1 Å². The van der Waals surface area contributed by atoms with E-state index in [2.05, 4.69) is 0 Å². The van der Waals surface area contributed by atoms with Gasteiger partial charge in [0.25, 0.3) is 5.56 Å². The molecule has 3 aromatic rings. The summed E-state index contributed by atoms with van der Waals surface area (Å²) in [4.78, 5) is 12.7. The molecule has 0 amide bonds. The number of nitriles is 1. The first-order valence-corrected chi connectivity index (χ1v) is 8.47. The monoisotopic (exact) mass is 388 g/mol. The van der Waals surface area contributed by atoms with Crippen LogP contribution in [0.3, 0.4) is 0 Å². The van der Waals surface area contributed by atoms with Crippen LogP contribution in [0.1, 0.15) is 11.1 Å². The Morgan fingerprint density at radius 2 is 1.64 bits per heavy atom. The summed E-state index contributed by atoms with van der Waals surface area (Å²) in [5, 5.41) is 10.6. The summed E-state index contributed by atoms with van der Waals surface area (Å²) in [7, 11) is 0. The number of aromatic nitrogens is 1. The molecular formula is C19H11Cl3N2O. The van der Waals surface area contributed by atoms with Crippen LogP contribution in [0.4, 0.5) is 0 Å². The van der Waals surface area contributed by atoms with Gasteiger partial charge in [-0.05, 0) is 47.5 Å². The molecule has 0 radical (unpaired) electrons. The van der Waals surface area contributed by atoms with Crippen LogP contribution < -0.4 is 5.56 Å². The van der Waals surface area contributed by atoms with Gasteiger partial charge in [0.05, 0.1) is 22.3 Å². The second-order valence-electron chi connectivity index (χ2n) is 5.39. The predicted octanol–water partition coefficient (Wildman–Crippen LogP) is 5.40. The second-order valence-corrected chi connectivity index (χ2v) is 6.64. The van der Waals surface area contributed by atoms with Crippen molar-refractivity contribution in [1.29, 1.82) is 5.26 Å². The first kappa shape index (κ1) is 17.6. The Kier molecular flexibility index (Phi) is 5.15. The van der Waals surface area contributed by atoms with E-state index < -0.39 is 0 Å². The van der Waals surface area contributed by atoms with E-state index in [1.165, 1.54) is 6.07 Å². The average molecular weight is 390 g/mol. The van der Waals surface area contributed by atoms with E-state index in [1.807, 2.05) is 18.2 Å². The fourth-order valence-corrected chi connectivity index (χ4v) is 2.92. The van der Waals surface area contributed by atoms with Crippen molar-refractivity contribution in [3.8, 4) is 17.3 Å². The lowest BCUT2D eigenvalue weighted by molar-refractivity contribution is 0.765. The molecule has 0 bridgehead atoms. The second kappa shape index (κ2) is 7.33. The average Bonchev–Trinajstić information content (AvgIpc) is 2.61. The molecule has 3 nitrogen and oxygen atoms in total. The van der Waals surface area contributed by atoms with Gasteiger partial charge in [-0.15, -0.1) is 0 Å². The molecule has 6 heteroatoms. The summed E-state index contributed by atoms with van der Waals surface area (Å²) < 4.78 is 1.54. The van der Waals surface area contributed by atoms with Crippen LogP contribution >= 0.6 is 34.8 Å². The number of benzene rings is 2. The van der Waals surface area contributed by atoms with E-state index in [-0.39, 0.29) is 11.1 Å². The van der Waals surface area contributed by atoms with Gasteiger partial charge >= 0.3 is 0 Å². The molecule has 25 heavy (non-hydrogen) atoms. The maximum absolute atomic E-state index is 12.7. The van der Waals surface area contributed by atoms with Crippen LogP contribution in [-0.4, -0.2) is 4.57 Å². The maximum atomic E-state index is 12.7. The summed E-state index contributed by atoms with van der Waals surface area (Å²) in [6.45, 7) is 0.307. The van der Waals surface area contributed by atoms with Crippen LogP contribution in [-0.2, 0) is 6.54 Å². The minimum Gasteiger partial charge on any atom is -0.303 e. The van der Waals surface area contributed by atoms with Crippen molar-refractivity contribution in [3.05, 3.63) is 91.1 Å². The molecule has 3 rings (SSSR count). The molecule has 0 aliphatic heterocycles. The minimum atomic E-state index is -0.360. The van der Waals surface area contributed by atoms with Crippen molar-refractivity contribution in [2.75, 3.05) is 0 Å². The molecule has 124 valence electrons. The van der Waals surface area contributed by atoms with Crippen molar-refractivity contribution >= 4 is 34.8 Å². The van der Waals surface area contributed by atoms with Crippen molar-refractivity contribution in [1.82, 2.24) is 4.57 Å². The van der Waals surface area contributed by atoms with Crippen LogP contribution in [0.25, 0.3) is 11.3 Å². The highest BCUT2D eigenvalue weighted by atomic mass is 35.5. The van der Waals surface area contributed by atoms with Crippen molar-refractivity contribution in [2.45, 2.75) is 6.54 Å². The van der Waals surface area contributed by atoms with Gasteiger partial charge in [0.1, 0.15) is 11.6 Å². The van der Waals surface area contributed by atoms with Crippen LogP contribution in [0.15, 0.2) is 59.4 Å². The van der Waals surface area contributed by atoms with Gasteiger partial charge in [0.2, 0.25) is 0 Å². The molecular weight excluding hydrogens is 379 g/mol. The largest absolute Gasteiger partial charge is 0.303 e. The number of pyridine rings is 1. The van der Waals surface area contributed by atoms with Gasteiger partial charge in [-0.3, -0.25) is 4.79 Å². The maximum Gasteiger partial charge on any atom is 0.269 e. The highest BCUT2D eigenvalue weighted by Gasteiger charge is 2.12. The molecule has 0 unspecified atom stereocenters. The molecule has 1 heterocycles. The zero-order chi connectivity index (χ0) is 18.0. The molecule has 0 fully saturated rings. The molecule has 0 saturated heterocycles. The Balaban J connectivity index is 2.16. The molecule has 0 N–H and O–H groups in total. The summed E-state index contributed by atoms with van der Waals surface area (Å²) in [5.41, 5.74) is 2.00. The molecule has 0 aliphatic rings. The Morgan fingerprint density at radius 1 is 0.920 bits per heavy atom. The highest BCUT2D eigenvalue weighted by Crippen LogP contribution is 2.28. The van der Waals surface area contributed by atoms with Crippen LogP contribution in [0.5, 0.6) is 0 Å². The fourth-order valence-electron chi connectivity index (χ4n) is 2.50. The normalized spacial score (nSPS) is 10.5. The van der Waals surface area contributed by atoms with Crippen molar-refractivity contribution in [2.24, 2.45) is 0 Å². The van der Waals surface area contributed by atoms with Crippen LogP contribution in [0, 0.1) is 11.3 Å². The molecule has 0 spiro atoms. The fraction of sp³-hybridized carbons (Fsp3) is 0.0526. The van der Waals surface area contributed by atoms with E-state index in [9.17, 15) is 4.79 Å². The van der Waals surface area contributed by atoms with E-state index in [0.717, 1.165) is 11.1 Å². The lowest BCUT2D eigenvalue weighted by Gasteiger charge is -2.14. The van der Waals surface area contributed by atoms with Crippen molar-refractivity contribution < 1.29 is 0 Å². The Bertz CT molecular complexity index is 1030. The highest BCUT2D eigenvalue weighted by molar-refractivity contribution is 6.42. The molecule has 1 aromatic heterocycles. The topological polar surface area (TPSA) is 45.8 Å². The Morgan fingerprint density at radius 3 is 2.28 bits per heavy atom. The number of hydrogen-bond donors (Lipinski definition) is 0. The number of hydrogen-bond acceptors (Lipinski definition) is 2. The predicted molar refractivity (Wildman–Crippen MR) is 101 cm³/mol. The lowest BCUT2D eigenvalue weighted by Crippen LogP contribution is -2.24. The summed E-state index contributed by atoms with van der Waals surface area (Å²) in [5.74, 6) is 0. The first-order chi connectivity index (χ1) is 12.0. The van der Waals surface area contributed by atoms with Gasteiger partial charge in [0, 0.05) is 5.02 Å². The number of halogens is 3. The van der Waals surface area contributed by atoms with Gasteiger partial charge in [-0.25, -0.2) is 0 Å². The summed E-state index contributed by atoms with van der Waals surface area (Å²) in [6, 6.07) is 17.5. The summed E-state index contributed by atoms with van der Waals surface area (Å²) in [6.07, 6.45) is 0. The van der Waals surface area contributed by atoms with Gasteiger partial charge in [-0.2, -0.15) is 5.26 Å².